The SMILES string of the molecule is CC(CO)(CO)NC(=O)CC1CNc2ccccc21. The second-order valence-electron chi connectivity index (χ2n) is 5.29. The standard InChI is InChI=1S/C14H20N2O3/c1-14(8-17,9-18)16-13(19)6-10-7-15-12-5-3-2-4-11(10)12/h2-5,10,15,17-18H,6-9H2,1H3,(H,16,19). The van der Waals surface area contributed by atoms with Gasteiger partial charge in [-0.25, -0.2) is 0 Å². The highest BCUT2D eigenvalue weighted by molar-refractivity contribution is 5.79. The molecule has 0 aliphatic carbocycles. The number of amides is 1. The maximum atomic E-state index is 12.0. The molecule has 0 aromatic heterocycles. The normalized spacial score (nSPS) is 17.7. The Morgan fingerprint density at radius 3 is 2.79 bits per heavy atom. The first-order valence-corrected chi connectivity index (χ1v) is 6.43. The molecule has 0 bridgehead atoms. The zero-order valence-electron chi connectivity index (χ0n) is 11.0. The van der Waals surface area contributed by atoms with Crippen LogP contribution < -0.4 is 10.6 Å². The van der Waals surface area contributed by atoms with Gasteiger partial charge < -0.3 is 20.8 Å². The fraction of sp³-hybridized carbons (Fsp3) is 0.500. The van der Waals surface area contributed by atoms with Gasteiger partial charge in [0.2, 0.25) is 5.91 Å². The van der Waals surface area contributed by atoms with Crippen LogP contribution in [0.3, 0.4) is 0 Å². The lowest BCUT2D eigenvalue weighted by Gasteiger charge is -2.26. The first kappa shape index (κ1) is 13.8. The molecule has 0 saturated carbocycles. The van der Waals surface area contributed by atoms with Crippen molar-refractivity contribution < 1.29 is 15.0 Å². The van der Waals surface area contributed by atoms with Gasteiger partial charge >= 0.3 is 0 Å². The molecule has 0 fully saturated rings. The van der Waals surface area contributed by atoms with E-state index in [9.17, 15) is 4.79 Å². The summed E-state index contributed by atoms with van der Waals surface area (Å²) < 4.78 is 0. The summed E-state index contributed by atoms with van der Waals surface area (Å²) in [5.41, 5.74) is 1.27. The summed E-state index contributed by atoms with van der Waals surface area (Å²) in [5.74, 6) is -0.0214. The third kappa shape index (κ3) is 3.05. The van der Waals surface area contributed by atoms with Crippen molar-refractivity contribution >= 4 is 11.6 Å². The van der Waals surface area contributed by atoms with Crippen LogP contribution >= 0.6 is 0 Å². The van der Waals surface area contributed by atoms with Gasteiger partial charge in [0, 0.05) is 24.6 Å². The minimum atomic E-state index is -0.956. The molecule has 1 unspecified atom stereocenters. The number of benzene rings is 1. The molecular weight excluding hydrogens is 244 g/mol. The molecule has 0 spiro atoms. The number of aliphatic hydroxyl groups is 2. The van der Waals surface area contributed by atoms with Gasteiger partial charge in [0.05, 0.1) is 18.8 Å². The molecule has 1 heterocycles. The van der Waals surface area contributed by atoms with E-state index < -0.39 is 5.54 Å². The Bertz CT molecular complexity index is 458. The number of fused-ring (bicyclic) bond motifs is 1. The zero-order valence-corrected chi connectivity index (χ0v) is 11.0. The van der Waals surface area contributed by atoms with Crippen LogP contribution in [-0.4, -0.2) is 41.4 Å². The summed E-state index contributed by atoms with van der Waals surface area (Å²) in [6.45, 7) is 1.79. The van der Waals surface area contributed by atoms with Gasteiger partial charge in [-0.05, 0) is 18.6 Å². The van der Waals surface area contributed by atoms with Crippen LogP contribution in [0.2, 0.25) is 0 Å². The van der Waals surface area contributed by atoms with Crippen LogP contribution in [-0.2, 0) is 4.79 Å². The minimum absolute atomic E-state index is 0.137. The molecule has 2 rings (SSSR count). The second-order valence-corrected chi connectivity index (χ2v) is 5.29. The van der Waals surface area contributed by atoms with Gasteiger partial charge in [0.1, 0.15) is 0 Å². The van der Waals surface area contributed by atoms with Crippen LogP contribution in [0.4, 0.5) is 5.69 Å². The third-order valence-corrected chi connectivity index (χ3v) is 3.51. The first-order valence-electron chi connectivity index (χ1n) is 6.43. The Balaban J connectivity index is 1.98. The van der Waals surface area contributed by atoms with Crippen LogP contribution in [0.5, 0.6) is 0 Å². The summed E-state index contributed by atoms with van der Waals surface area (Å²) in [5, 5.41) is 24.3. The average molecular weight is 264 g/mol. The number of hydrogen-bond donors (Lipinski definition) is 4. The highest BCUT2D eigenvalue weighted by Gasteiger charge is 2.28. The van der Waals surface area contributed by atoms with Crippen LogP contribution in [0.1, 0.15) is 24.8 Å². The maximum Gasteiger partial charge on any atom is 0.221 e. The molecule has 1 aromatic rings. The number of rotatable bonds is 5. The van der Waals surface area contributed by atoms with Gasteiger partial charge in [-0.1, -0.05) is 18.2 Å². The fourth-order valence-electron chi connectivity index (χ4n) is 2.28. The maximum absolute atomic E-state index is 12.0. The molecular formula is C14H20N2O3. The molecule has 5 heteroatoms. The number of para-hydroxylation sites is 1. The molecule has 1 aliphatic heterocycles. The first-order chi connectivity index (χ1) is 9.08. The average Bonchev–Trinajstić information content (AvgIpc) is 2.82. The minimum Gasteiger partial charge on any atom is -0.394 e. The lowest BCUT2D eigenvalue weighted by molar-refractivity contribution is -0.124. The number of carbonyl (C=O) groups is 1. The monoisotopic (exact) mass is 264 g/mol. The lowest BCUT2D eigenvalue weighted by atomic mass is 9.96. The highest BCUT2D eigenvalue weighted by Crippen LogP contribution is 2.33. The molecule has 1 amide bonds. The van der Waals surface area contributed by atoms with Crippen LogP contribution in [0.25, 0.3) is 0 Å². The number of hydrogen-bond acceptors (Lipinski definition) is 4. The zero-order chi connectivity index (χ0) is 13.9. The predicted octanol–water partition coefficient (Wildman–Crippen LogP) is 0.445. The van der Waals surface area contributed by atoms with Crippen molar-refractivity contribution in [2.24, 2.45) is 0 Å². The van der Waals surface area contributed by atoms with Crippen LogP contribution in [0, 0.1) is 0 Å². The van der Waals surface area contributed by atoms with Gasteiger partial charge in [0.25, 0.3) is 0 Å². The molecule has 0 radical (unpaired) electrons. The molecule has 1 atom stereocenters. The molecule has 19 heavy (non-hydrogen) atoms. The number of anilines is 1. The van der Waals surface area contributed by atoms with Crippen LogP contribution in [0.15, 0.2) is 24.3 Å². The third-order valence-electron chi connectivity index (χ3n) is 3.51. The Morgan fingerprint density at radius 1 is 1.42 bits per heavy atom. The van der Waals surface area contributed by atoms with E-state index in [1.165, 1.54) is 0 Å². The second kappa shape index (κ2) is 5.59. The van der Waals surface area contributed by atoms with E-state index in [0.717, 1.165) is 17.8 Å². The largest absolute Gasteiger partial charge is 0.394 e. The highest BCUT2D eigenvalue weighted by atomic mass is 16.3. The van der Waals surface area contributed by atoms with E-state index in [4.69, 9.17) is 10.2 Å². The summed E-state index contributed by atoms with van der Waals surface area (Å²) >= 11 is 0. The Kier molecular flexibility index (Phi) is 4.07. The van der Waals surface area contributed by atoms with E-state index in [2.05, 4.69) is 10.6 Å². The van der Waals surface area contributed by atoms with E-state index in [1.54, 1.807) is 6.92 Å². The Morgan fingerprint density at radius 2 is 2.11 bits per heavy atom. The molecule has 5 nitrogen and oxygen atoms in total. The predicted molar refractivity (Wildman–Crippen MR) is 73.0 cm³/mol. The lowest BCUT2D eigenvalue weighted by Crippen LogP contribution is -2.52. The number of aliphatic hydroxyl groups excluding tert-OH is 2. The van der Waals surface area contributed by atoms with Gasteiger partial charge in [0.15, 0.2) is 0 Å². The molecule has 1 aromatic carbocycles. The van der Waals surface area contributed by atoms with Crippen molar-refractivity contribution in [3.8, 4) is 0 Å². The number of nitrogens with one attached hydrogen (secondary N) is 2. The molecule has 1 aliphatic rings. The van der Waals surface area contributed by atoms with E-state index >= 15 is 0 Å². The smallest absolute Gasteiger partial charge is 0.221 e. The molecule has 4 N–H and O–H groups in total. The van der Waals surface area contributed by atoms with E-state index in [-0.39, 0.29) is 25.0 Å². The van der Waals surface area contributed by atoms with Crippen molar-refractivity contribution in [3.05, 3.63) is 29.8 Å². The topological polar surface area (TPSA) is 81.6 Å². The van der Waals surface area contributed by atoms with Gasteiger partial charge in [-0.15, -0.1) is 0 Å². The summed E-state index contributed by atoms with van der Waals surface area (Å²) in [4.78, 5) is 12.0. The van der Waals surface area contributed by atoms with Gasteiger partial charge in [-0.3, -0.25) is 4.79 Å². The van der Waals surface area contributed by atoms with Crippen molar-refractivity contribution in [1.82, 2.24) is 5.32 Å². The summed E-state index contributed by atoms with van der Waals surface area (Å²) in [7, 11) is 0. The van der Waals surface area contributed by atoms with Gasteiger partial charge in [-0.2, -0.15) is 0 Å². The Labute approximate surface area is 112 Å². The quantitative estimate of drug-likeness (QED) is 0.622. The number of carbonyl (C=O) groups excluding carboxylic acids is 1. The summed E-state index contributed by atoms with van der Waals surface area (Å²) in [6, 6.07) is 7.94. The summed E-state index contributed by atoms with van der Waals surface area (Å²) in [6.07, 6.45) is 0.347. The van der Waals surface area contributed by atoms with Crippen molar-refractivity contribution in [2.45, 2.75) is 24.8 Å². The van der Waals surface area contributed by atoms with Crippen molar-refractivity contribution in [3.63, 3.8) is 0 Å². The van der Waals surface area contributed by atoms with E-state index in [0.29, 0.717) is 6.42 Å². The van der Waals surface area contributed by atoms with Crippen molar-refractivity contribution in [2.75, 3.05) is 25.1 Å². The fourth-order valence-corrected chi connectivity index (χ4v) is 2.28. The Hall–Kier alpha value is -1.59. The molecule has 0 saturated heterocycles. The molecule has 104 valence electrons. The van der Waals surface area contributed by atoms with E-state index in [1.807, 2.05) is 24.3 Å². The van der Waals surface area contributed by atoms with Crippen molar-refractivity contribution in [1.29, 1.82) is 0 Å².